The highest BCUT2D eigenvalue weighted by Gasteiger charge is 2.46. The predicted molar refractivity (Wildman–Crippen MR) is 129 cm³/mol. The Balaban J connectivity index is 1.44. The zero-order valence-corrected chi connectivity index (χ0v) is 20.8. The normalized spacial score (nSPS) is 21.9. The number of piperidine rings is 1. The lowest BCUT2D eigenvalue weighted by Crippen LogP contribution is -2.46. The predicted octanol–water partition coefficient (Wildman–Crippen LogP) is 1.000. The number of hydrogen-bond acceptors (Lipinski definition) is 11. The lowest BCUT2D eigenvalue weighted by atomic mass is 9.87. The largest absolute Gasteiger partial charge is 0.389 e. The highest BCUT2D eigenvalue weighted by Crippen LogP contribution is 2.45. The summed E-state index contributed by atoms with van der Waals surface area (Å²) < 4.78 is 27.1. The molecule has 2 fully saturated rings. The Labute approximate surface area is 209 Å². The third-order valence-electron chi connectivity index (χ3n) is 6.96. The van der Waals surface area contributed by atoms with E-state index in [1.807, 2.05) is 4.90 Å². The van der Waals surface area contributed by atoms with Crippen LogP contribution in [0.3, 0.4) is 0 Å². The maximum absolute atomic E-state index is 13.0. The molecule has 0 saturated carbocycles. The van der Waals surface area contributed by atoms with E-state index in [-0.39, 0.29) is 47.1 Å². The minimum atomic E-state index is -3.73. The second-order valence-corrected chi connectivity index (χ2v) is 12.2. The molecule has 2 atom stereocenters. The number of nitrogens with zero attached hydrogens (tertiary/aromatic N) is 7. The first-order valence-corrected chi connectivity index (χ1v) is 14.1. The van der Waals surface area contributed by atoms with Crippen molar-refractivity contribution in [3.63, 3.8) is 0 Å². The molecule has 6 heterocycles. The summed E-state index contributed by atoms with van der Waals surface area (Å²) in [5.74, 6) is -0.215. The molecule has 0 radical (unpaired) electrons. The number of amides is 1. The van der Waals surface area contributed by atoms with Crippen LogP contribution in [0.15, 0.2) is 23.6 Å². The molecular weight excluding hydrogens is 506 g/mol. The Morgan fingerprint density at radius 2 is 2.00 bits per heavy atom. The standard InChI is InChI=1S/C21H23N9O4S2/c1-36(33,34)17-16(10-4-11-2-3-12(5-10)29(11)21(32)19-24-9-25-28-19)27-20-13(6-26-30(20)18(17)22)14-7-23-15(8-31)35-14/h6-7,9-12,31H,2-5,8,22H2,1H3,(H,24,25,28). The van der Waals surface area contributed by atoms with Gasteiger partial charge < -0.3 is 15.7 Å². The fraction of sp³-hybridized carbons (Fsp3) is 0.429. The van der Waals surface area contributed by atoms with Crippen LogP contribution in [0.25, 0.3) is 16.1 Å². The molecule has 13 nitrogen and oxygen atoms in total. The van der Waals surface area contributed by atoms with Crippen molar-refractivity contribution in [3.05, 3.63) is 35.2 Å². The van der Waals surface area contributed by atoms with Gasteiger partial charge in [0.2, 0.25) is 5.82 Å². The highest BCUT2D eigenvalue weighted by molar-refractivity contribution is 7.91. The van der Waals surface area contributed by atoms with Crippen LogP contribution in [0.2, 0.25) is 0 Å². The zero-order valence-electron chi connectivity index (χ0n) is 19.2. The first-order valence-electron chi connectivity index (χ1n) is 11.4. The van der Waals surface area contributed by atoms with E-state index < -0.39 is 9.84 Å². The van der Waals surface area contributed by atoms with Gasteiger partial charge in [0.15, 0.2) is 15.5 Å². The maximum Gasteiger partial charge on any atom is 0.291 e. The van der Waals surface area contributed by atoms with Gasteiger partial charge in [-0.1, -0.05) is 0 Å². The van der Waals surface area contributed by atoms with Crippen molar-refractivity contribution in [2.75, 3.05) is 12.0 Å². The molecule has 188 valence electrons. The second kappa shape index (κ2) is 8.31. The van der Waals surface area contributed by atoms with Gasteiger partial charge in [-0.15, -0.1) is 11.3 Å². The molecule has 4 aromatic heterocycles. The lowest BCUT2D eigenvalue weighted by molar-refractivity contribution is 0.0556. The van der Waals surface area contributed by atoms with E-state index in [0.717, 1.165) is 24.0 Å². The van der Waals surface area contributed by atoms with E-state index >= 15 is 0 Å². The average Bonchev–Trinajstić information content (AvgIpc) is 3.63. The van der Waals surface area contributed by atoms with E-state index in [1.165, 1.54) is 22.2 Å². The number of rotatable bonds is 5. The fourth-order valence-electron chi connectivity index (χ4n) is 5.52. The van der Waals surface area contributed by atoms with Gasteiger partial charge in [-0.2, -0.15) is 14.7 Å². The number of hydrogen-bond donors (Lipinski definition) is 3. The number of aliphatic hydroxyl groups is 1. The monoisotopic (exact) mass is 529 g/mol. The minimum absolute atomic E-state index is 0.00293. The van der Waals surface area contributed by atoms with Gasteiger partial charge in [-0.25, -0.2) is 23.4 Å². The molecular formula is C21H23N9O4S2. The molecule has 2 unspecified atom stereocenters. The number of H-pyrrole nitrogens is 1. The maximum atomic E-state index is 13.0. The number of aromatic nitrogens is 7. The van der Waals surface area contributed by atoms with Gasteiger partial charge in [0, 0.05) is 30.5 Å². The van der Waals surface area contributed by atoms with E-state index in [9.17, 15) is 18.3 Å². The van der Waals surface area contributed by atoms with Crippen molar-refractivity contribution >= 4 is 38.5 Å². The van der Waals surface area contributed by atoms with E-state index in [0.29, 0.717) is 34.8 Å². The summed E-state index contributed by atoms with van der Waals surface area (Å²) in [6.45, 7) is -0.183. The Morgan fingerprint density at radius 3 is 2.61 bits per heavy atom. The number of sulfone groups is 1. The summed E-state index contributed by atoms with van der Waals surface area (Å²) in [4.78, 5) is 28.6. The Kier molecular flexibility index (Phi) is 5.31. The Hall–Kier alpha value is -3.43. The number of fused-ring (bicyclic) bond motifs is 3. The molecule has 2 aliphatic heterocycles. The molecule has 6 rings (SSSR count). The molecule has 4 N–H and O–H groups in total. The molecule has 2 aliphatic rings. The summed E-state index contributed by atoms with van der Waals surface area (Å²) in [5.41, 5.74) is 7.89. The van der Waals surface area contributed by atoms with Crippen LogP contribution in [-0.2, 0) is 16.4 Å². The van der Waals surface area contributed by atoms with Gasteiger partial charge in [0.05, 0.1) is 28.9 Å². The molecule has 2 bridgehead atoms. The average molecular weight is 530 g/mol. The molecule has 2 saturated heterocycles. The van der Waals surface area contributed by atoms with Gasteiger partial charge in [0.1, 0.15) is 22.0 Å². The third kappa shape index (κ3) is 3.57. The number of carbonyl (C=O) groups is 1. The smallest absolute Gasteiger partial charge is 0.291 e. The number of nitrogens with one attached hydrogen (secondary N) is 1. The summed E-state index contributed by atoms with van der Waals surface area (Å²) >= 11 is 1.30. The highest BCUT2D eigenvalue weighted by atomic mass is 32.2. The van der Waals surface area contributed by atoms with Crippen LogP contribution < -0.4 is 5.73 Å². The van der Waals surface area contributed by atoms with Crippen molar-refractivity contribution in [3.8, 4) is 10.4 Å². The molecule has 0 spiro atoms. The van der Waals surface area contributed by atoms with Crippen molar-refractivity contribution < 1.29 is 18.3 Å². The summed E-state index contributed by atoms with van der Waals surface area (Å²) in [7, 11) is -3.73. The van der Waals surface area contributed by atoms with E-state index in [1.54, 1.807) is 12.4 Å². The number of aromatic amines is 1. The third-order valence-corrected chi connectivity index (χ3v) is 9.14. The molecule has 36 heavy (non-hydrogen) atoms. The molecule has 0 aliphatic carbocycles. The van der Waals surface area contributed by atoms with Crippen LogP contribution in [0.1, 0.15) is 52.9 Å². The Bertz CT molecular complexity index is 1560. The molecule has 0 aromatic carbocycles. The van der Waals surface area contributed by atoms with Crippen molar-refractivity contribution in [2.24, 2.45) is 0 Å². The number of anilines is 1. The van der Waals surface area contributed by atoms with Crippen LogP contribution in [0, 0.1) is 0 Å². The van der Waals surface area contributed by atoms with Gasteiger partial charge in [0.25, 0.3) is 5.91 Å². The van der Waals surface area contributed by atoms with Crippen LogP contribution in [-0.4, -0.2) is 77.4 Å². The minimum Gasteiger partial charge on any atom is -0.389 e. The SMILES string of the molecule is CS(=O)(=O)c1c(C2CC3CCC(C2)N3C(=O)c2ncn[nH]2)nc2c(-c3cnc(CO)s3)cnn2c1N. The molecule has 15 heteroatoms. The van der Waals surface area contributed by atoms with Crippen LogP contribution in [0.5, 0.6) is 0 Å². The zero-order chi connectivity index (χ0) is 25.2. The first-order chi connectivity index (χ1) is 17.3. The molecule has 1 amide bonds. The summed E-state index contributed by atoms with van der Waals surface area (Å²) in [6.07, 6.45) is 8.37. The second-order valence-electron chi connectivity index (χ2n) is 9.15. The quantitative estimate of drug-likeness (QED) is 0.337. The first kappa shape index (κ1) is 23.0. The van der Waals surface area contributed by atoms with Crippen LogP contribution in [0.4, 0.5) is 5.82 Å². The number of carbonyl (C=O) groups excluding carboxylic acids is 1. The van der Waals surface area contributed by atoms with Gasteiger partial charge >= 0.3 is 0 Å². The number of thiazole rings is 1. The lowest BCUT2D eigenvalue weighted by Gasteiger charge is -2.38. The van der Waals surface area contributed by atoms with Crippen molar-refractivity contribution in [2.45, 2.75) is 55.2 Å². The number of aliphatic hydroxyl groups excluding tert-OH is 1. The van der Waals surface area contributed by atoms with Crippen LogP contribution >= 0.6 is 11.3 Å². The van der Waals surface area contributed by atoms with Crippen molar-refractivity contribution in [1.82, 2.24) is 39.7 Å². The molecule has 4 aromatic rings. The summed E-state index contributed by atoms with van der Waals surface area (Å²) in [5, 5.41) is 20.7. The van der Waals surface area contributed by atoms with E-state index in [2.05, 4.69) is 25.3 Å². The van der Waals surface area contributed by atoms with Crippen molar-refractivity contribution in [1.29, 1.82) is 0 Å². The summed E-state index contributed by atoms with van der Waals surface area (Å²) in [6, 6.07) is -0.146. The van der Waals surface area contributed by atoms with Gasteiger partial charge in [-0.05, 0) is 25.7 Å². The van der Waals surface area contributed by atoms with E-state index in [4.69, 9.17) is 10.7 Å². The van der Waals surface area contributed by atoms with Gasteiger partial charge in [-0.3, -0.25) is 9.89 Å². The Morgan fingerprint density at radius 1 is 1.25 bits per heavy atom. The fourth-order valence-corrected chi connectivity index (χ4v) is 7.36. The topological polar surface area (TPSA) is 185 Å². The number of nitrogen functional groups attached to an aromatic ring is 1. The number of nitrogens with two attached hydrogens (primary N) is 1.